The zero-order chi connectivity index (χ0) is 13.8. The predicted molar refractivity (Wildman–Crippen MR) is 71.8 cm³/mol. The van der Waals surface area contributed by atoms with Crippen molar-refractivity contribution in [3.63, 3.8) is 0 Å². The molecule has 0 fully saturated rings. The third-order valence-corrected chi connectivity index (χ3v) is 2.88. The summed E-state index contributed by atoms with van der Waals surface area (Å²) in [6.45, 7) is 2.34. The van der Waals surface area contributed by atoms with Gasteiger partial charge in [0.05, 0.1) is 18.8 Å². The van der Waals surface area contributed by atoms with E-state index < -0.39 is 0 Å². The molecule has 1 amide bonds. The highest BCUT2D eigenvalue weighted by Gasteiger charge is 2.10. The van der Waals surface area contributed by atoms with E-state index in [1.165, 1.54) is 0 Å². The molecular formula is C13H14ClN3O2. The topological polar surface area (TPSA) is 81.2 Å². The van der Waals surface area contributed by atoms with Crippen LogP contribution in [0.2, 0.25) is 5.02 Å². The van der Waals surface area contributed by atoms with Gasteiger partial charge in [-0.15, -0.1) is 0 Å². The van der Waals surface area contributed by atoms with E-state index in [-0.39, 0.29) is 12.5 Å². The van der Waals surface area contributed by atoms with Crippen molar-refractivity contribution in [3.05, 3.63) is 52.2 Å². The molecule has 19 heavy (non-hydrogen) atoms. The van der Waals surface area contributed by atoms with Crippen LogP contribution in [-0.2, 0) is 13.1 Å². The molecule has 0 atom stereocenters. The first-order chi connectivity index (χ1) is 9.10. The third-order valence-electron chi connectivity index (χ3n) is 2.63. The molecule has 0 spiro atoms. The van der Waals surface area contributed by atoms with Crippen molar-refractivity contribution in [2.45, 2.75) is 20.0 Å². The molecule has 0 aliphatic heterocycles. The van der Waals surface area contributed by atoms with Gasteiger partial charge in [0, 0.05) is 10.6 Å². The minimum Gasteiger partial charge on any atom is -0.442 e. The molecule has 100 valence electrons. The quantitative estimate of drug-likeness (QED) is 0.897. The van der Waals surface area contributed by atoms with Crippen LogP contribution in [0, 0.1) is 6.92 Å². The van der Waals surface area contributed by atoms with Crippen LogP contribution in [0.25, 0.3) is 0 Å². The van der Waals surface area contributed by atoms with Gasteiger partial charge in [-0.2, -0.15) is 0 Å². The standard InChI is InChI=1S/C13H14ClN3O2/c1-8-11(6-15)19-12(17-8)7-16-13(18)9-2-4-10(14)5-3-9/h2-5H,6-7,15H2,1H3,(H,16,18). The van der Waals surface area contributed by atoms with Gasteiger partial charge in [-0.3, -0.25) is 4.79 Å². The van der Waals surface area contributed by atoms with Crippen molar-refractivity contribution in [1.29, 1.82) is 0 Å². The van der Waals surface area contributed by atoms with Crippen LogP contribution in [0.5, 0.6) is 0 Å². The maximum Gasteiger partial charge on any atom is 0.251 e. The van der Waals surface area contributed by atoms with E-state index >= 15 is 0 Å². The third kappa shape index (κ3) is 3.33. The number of nitrogens with one attached hydrogen (secondary N) is 1. The Bertz CT molecular complexity index is 578. The molecule has 0 saturated heterocycles. The second-order valence-electron chi connectivity index (χ2n) is 4.01. The molecule has 1 aromatic carbocycles. The van der Waals surface area contributed by atoms with Gasteiger partial charge in [0.15, 0.2) is 0 Å². The van der Waals surface area contributed by atoms with Crippen molar-refractivity contribution in [2.24, 2.45) is 5.73 Å². The van der Waals surface area contributed by atoms with Crippen molar-refractivity contribution < 1.29 is 9.21 Å². The molecule has 1 heterocycles. The summed E-state index contributed by atoms with van der Waals surface area (Å²) in [4.78, 5) is 16.0. The first-order valence-corrected chi connectivity index (χ1v) is 6.17. The molecular weight excluding hydrogens is 266 g/mol. The number of benzene rings is 1. The number of carbonyl (C=O) groups excluding carboxylic acids is 1. The molecule has 1 aromatic heterocycles. The van der Waals surface area contributed by atoms with Crippen LogP contribution < -0.4 is 11.1 Å². The average Bonchev–Trinajstić information content (AvgIpc) is 2.77. The lowest BCUT2D eigenvalue weighted by atomic mass is 10.2. The first kappa shape index (κ1) is 13.6. The Hall–Kier alpha value is -1.85. The number of nitrogens with zero attached hydrogens (tertiary/aromatic N) is 1. The van der Waals surface area contributed by atoms with Crippen molar-refractivity contribution >= 4 is 17.5 Å². The lowest BCUT2D eigenvalue weighted by Crippen LogP contribution is -2.22. The fraction of sp³-hybridized carbons (Fsp3) is 0.231. The molecule has 0 aliphatic rings. The number of aromatic nitrogens is 1. The smallest absolute Gasteiger partial charge is 0.251 e. The lowest BCUT2D eigenvalue weighted by molar-refractivity contribution is 0.0947. The predicted octanol–water partition coefficient (Wildman–Crippen LogP) is 2.03. The Morgan fingerprint density at radius 3 is 2.68 bits per heavy atom. The maximum absolute atomic E-state index is 11.8. The Morgan fingerprint density at radius 1 is 1.42 bits per heavy atom. The van der Waals surface area contributed by atoms with Gasteiger partial charge in [-0.1, -0.05) is 11.6 Å². The molecule has 0 bridgehead atoms. The minimum absolute atomic E-state index is 0.207. The monoisotopic (exact) mass is 279 g/mol. The molecule has 2 rings (SSSR count). The largest absolute Gasteiger partial charge is 0.442 e. The number of amides is 1. The summed E-state index contributed by atoms with van der Waals surface area (Å²) in [6, 6.07) is 6.64. The van der Waals surface area contributed by atoms with Crippen molar-refractivity contribution in [2.75, 3.05) is 0 Å². The Kier molecular flexibility index (Phi) is 4.19. The number of hydrogen-bond acceptors (Lipinski definition) is 4. The molecule has 0 radical (unpaired) electrons. The van der Waals surface area contributed by atoms with E-state index in [0.29, 0.717) is 28.8 Å². The Balaban J connectivity index is 1.98. The van der Waals surface area contributed by atoms with Crippen LogP contribution in [0.4, 0.5) is 0 Å². The summed E-state index contributed by atoms with van der Waals surface area (Å²) in [5, 5.41) is 3.31. The van der Waals surface area contributed by atoms with Crippen molar-refractivity contribution in [1.82, 2.24) is 10.3 Å². The average molecular weight is 280 g/mol. The summed E-state index contributed by atoms with van der Waals surface area (Å²) < 4.78 is 5.40. The van der Waals surface area contributed by atoms with E-state index in [0.717, 1.165) is 5.69 Å². The van der Waals surface area contributed by atoms with E-state index in [1.54, 1.807) is 24.3 Å². The highest BCUT2D eigenvalue weighted by molar-refractivity contribution is 6.30. The molecule has 0 unspecified atom stereocenters. The number of aryl methyl sites for hydroxylation is 1. The van der Waals surface area contributed by atoms with Crippen LogP contribution >= 0.6 is 11.6 Å². The van der Waals surface area contributed by atoms with Gasteiger partial charge in [-0.05, 0) is 31.2 Å². The number of rotatable bonds is 4. The van der Waals surface area contributed by atoms with Gasteiger partial charge < -0.3 is 15.5 Å². The minimum atomic E-state index is -0.207. The fourth-order valence-electron chi connectivity index (χ4n) is 1.61. The van der Waals surface area contributed by atoms with Crippen LogP contribution in [0.1, 0.15) is 27.7 Å². The van der Waals surface area contributed by atoms with Gasteiger partial charge in [0.1, 0.15) is 5.76 Å². The summed E-state index contributed by atoms with van der Waals surface area (Å²) in [6.07, 6.45) is 0. The number of halogens is 1. The summed E-state index contributed by atoms with van der Waals surface area (Å²) in [5.41, 5.74) is 6.77. The van der Waals surface area contributed by atoms with Gasteiger partial charge in [0.25, 0.3) is 5.91 Å². The second kappa shape index (κ2) is 5.86. The summed E-state index contributed by atoms with van der Waals surface area (Å²) >= 11 is 5.76. The van der Waals surface area contributed by atoms with E-state index in [1.807, 2.05) is 6.92 Å². The van der Waals surface area contributed by atoms with Gasteiger partial charge >= 0.3 is 0 Å². The second-order valence-corrected chi connectivity index (χ2v) is 4.45. The fourth-order valence-corrected chi connectivity index (χ4v) is 1.74. The van der Waals surface area contributed by atoms with Gasteiger partial charge in [0.2, 0.25) is 5.89 Å². The molecule has 2 aromatic rings. The highest BCUT2D eigenvalue weighted by Crippen LogP contribution is 2.11. The zero-order valence-corrected chi connectivity index (χ0v) is 11.2. The van der Waals surface area contributed by atoms with Crippen LogP contribution in [-0.4, -0.2) is 10.9 Å². The number of nitrogens with two attached hydrogens (primary N) is 1. The number of hydrogen-bond donors (Lipinski definition) is 2. The number of oxazole rings is 1. The van der Waals surface area contributed by atoms with Gasteiger partial charge in [-0.25, -0.2) is 4.98 Å². The summed E-state index contributed by atoms with van der Waals surface area (Å²) in [7, 11) is 0. The van der Waals surface area contributed by atoms with E-state index in [4.69, 9.17) is 21.8 Å². The highest BCUT2D eigenvalue weighted by atomic mass is 35.5. The molecule has 0 saturated carbocycles. The van der Waals surface area contributed by atoms with Crippen molar-refractivity contribution in [3.8, 4) is 0 Å². The number of carbonyl (C=O) groups is 1. The lowest BCUT2D eigenvalue weighted by Gasteiger charge is -2.02. The molecule has 3 N–H and O–H groups in total. The SMILES string of the molecule is Cc1nc(CNC(=O)c2ccc(Cl)cc2)oc1CN. The summed E-state index contributed by atoms with van der Waals surface area (Å²) in [5.74, 6) is 0.873. The first-order valence-electron chi connectivity index (χ1n) is 5.79. The van der Waals surface area contributed by atoms with Crippen LogP contribution in [0.3, 0.4) is 0 Å². The normalized spacial score (nSPS) is 10.5. The maximum atomic E-state index is 11.8. The molecule has 6 heteroatoms. The van der Waals surface area contributed by atoms with E-state index in [2.05, 4.69) is 10.3 Å². The Morgan fingerprint density at radius 2 is 2.11 bits per heavy atom. The zero-order valence-electron chi connectivity index (χ0n) is 10.4. The molecule has 5 nitrogen and oxygen atoms in total. The van der Waals surface area contributed by atoms with E-state index in [9.17, 15) is 4.79 Å². The Labute approximate surface area is 115 Å². The molecule has 0 aliphatic carbocycles. The van der Waals surface area contributed by atoms with Crippen LogP contribution in [0.15, 0.2) is 28.7 Å².